The summed E-state index contributed by atoms with van der Waals surface area (Å²) >= 11 is 5.98. The first-order valence-electron chi connectivity index (χ1n) is 12.5. The van der Waals surface area contributed by atoms with Gasteiger partial charge in [-0.15, -0.1) is 0 Å². The summed E-state index contributed by atoms with van der Waals surface area (Å²) in [6.07, 6.45) is 1.35. The van der Waals surface area contributed by atoms with Gasteiger partial charge in [0.05, 0.1) is 6.61 Å². The molecule has 2 aromatic carbocycles. The molecule has 2 aliphatic rings. The number of imide groups is 1. The van der Waals surface area contributed by atoms with E-state index in [9.17, 15) is 24.0 Å². The van der Waals surface area contributed by atoms with Gasteiger partial charge in [0.2, 0.25) is 17.7 Å². The Morgan fingerprint density at radius 2 is 1.92 bits per heavy atom. The number of hydrogen-bond acceptors (Lipinski definition) is 6. The molecule has 2 atom stereocenters. The van der Waals surface area contributed by atoms with Gasteiger partial charge in [-0.3, -0.25) is 24.5 Å². The normalized spacial score (nSPS) is 17.5. The number of unbranched alkanes of at least 4 members (excludes halogenated alkanes) is 1. The molecule has 200 valence electrons. The number of ether oxygens (including phenoxy) is 1. The van der Waals surface area contributed by atoms with Gasteiger partial charge in [-0.2, -0.15) is 0 Å². The Bertz CT molecular complexity index is 1250. The SMILES string of the molecule is CCCCOC(=O)NC(C(=O)NCc1ccc2c(c1)CN(C1CCC(=O)NC1=O)C2=O)c1ccc(Cl)cc1. The fourth-order valence-electron chi connectivity index (χ4n) is 4.45. The van der Waals surface area contributed by atoms with E-state index in [0.717, 1.165) is 17.5 Å². The Labute approximate surface area is 225 Å². The lowest BCUT2D eigenvalue weighted by molar-refractivity contribution is -0.137. The topological polar surface area (TPSA) is 134 Å². The molecule has 2 aliphatic heterocycles. The van der Waals surface area contributed by atoms with Crippen LogP contribution in [-0.4, -0.2) is 47.3 Å². The molecule has 1 fully saturated rings. The highest BCUT2D eigenvalue weighted by atomic mass is 35.5. The van der Waals surface area contributed by atoms with Gasteiger partial charge < -0.3 is 20.3 Å². The molecule has 38 heavy (non-hydrogen) atoms. The van der Waals surface area contributed by atoms with Crippen molar-refractivity contribution in [3.63, 3.8) is 0 Å². The van der Waals surface area contributed by atoms with Crippen molar-refractivity contribution < 1.29 is 28.7 Å². The van der Waals surface area contributed by atoms with Crippen LogP contribution < -0.4 is 16.0 Å². The van der Waals surface area contributed by atoms with Crippen LogP contribution >= 0.6 is 11.6 Å². The maximum Gasteiger partial charge on any atom is 0.408 e. The maximum atomic E-state index is 13.1. The molecular formula is C27H29ClN4O6. The van der Waals surface area contributed by atoms with E-state index in [1.54, 1.807) is 36.4 Å². The molecular weight excluding hydrogens is 512 g/mol. The zero-order valence-electron chi connectivity index (χ0n) is 20.9. The van der Waals surface area contributed by atoms with Gasteiger partial charge in [0.1, 0.15) is 12.1 Å². The van der Waals surface area contributed by atoms with Gasteiger partial charge >= 0.3 is 6.09 Å². The average molecular weight is 541 g/mol. The molecule has 5 amide bonds. The van der Waals surface area contributed by atoms with Crippen LogP contribution in [0.15, 0.2) is 42.5 Å². The Hall–Kier alpha value is -3.92. The second-order valence-corrected chi connectivity index (χ2v) is 9.66. The predicted molar refractivity (Wildman–Crippen MR) is 138 cm³/mol. The Morgan fingerprint density at radius 1 is 1.16 bits per heavy atom. The number of piperidine rings is 1. The smallest absolute Gasteiger partial charge is 0.408 e. The number of benzene rings is 2. The van der Waals surface area contributed by atoms with Gasteiger partial charge in [0, 0.05) is 30.1 Å². The van der Waals surface area contributed by atoms with Crippen molar-refractivity contribution >= 4 is 41.3 Å². The number of carbonyl (C=O) groups excluding carboxylic acids is 5. The van der Waals surface area contributed by atoms with E-state index in [0.29, 0.717) is 22.6 Å². The molecule has 0 bridgehead atoms. The summed E-state index contributed by atoms with van der Waals surface area (Å²) in [4.78, 5) is 63.5. The summed E-state index contributed by atoms with van der Waals surface area (Å²) in [5, 5.41) is 8.23. The predicted octanol–water partition coefficient (Wildman–Crippen LogP) is 2.98. The lowest BCUT2D eigenvalue weighted by Crippen LogP contribution is -2.52. The molecule has 0 aromatic heterocycles. The molecule has 4 rings (SSSR count). The third-order valence-electron chi connectivity index (χ3n) is 6.51. The molecule has 2 aromatic rings. The number of carbonyl (C=O) groups is 5. The first kappa shape index (κ1) is 27.1. The number of fused-ring (bicyclic) bond motifs is 1. The minimum atomic E-state index is -1.000. The first-order valence-corrected chi connectivity index (χ1v) is 12.9. The van der Waals surface area contributed by atoms with Crippen molar-refractivity contribution in [2.75, 3.05) is 6.61 Å². The average Bonchev–Trinajstić information content (AvgIpc) is 3.22. The fraction of sp³-hybridized carbons (Fsp3) is 0.370. The number of alkyl carbamates (subject to hydrolysis) is 1. The van der Waals surface area contributed by atoms with Crippen LogP contribution in [0.5, 0.6) is 0 Å². The highest BCUT2D eigenvalue weighted by Gasteiger charge is 2.39. The summed E-state index contributed by atoms with van der Waals surface area (Å²) in [5.41, 5.74) is 2.51. The van der Waals surface area contributed by atoms with E-state index >= 15 is 0 Å². The van der Waals surface area contributed by atoms with Crippen LogP contribution in [-0.2, 0) is 32.2 Å². The van der Waals surface area contributed by atoms with Crippen molar-refractivity contribution in [1.29, 1.82) is 0 Å². The molecule has 11 heteroatoms. The molecule has 1 saturated heterocycles. The Kier molecular flexibility index (Phi) is 8.62. The van der Waals surface area contributed by atoms with Gasteiger partial charge in [-0.1, -0.05) is 49.2 Å². The number of amides is 5. The van der Waals surface area contributed by atoms with Crippen LogP contribution in [0.4, 0.5) is 4.79 Å². The number of halogens is 1. The van der Waals surface area contributed by atoms with Crippen LogP contribution in [0, 0.1) is 0 Å². The Balaban J connectivity index is 1.42. The summed E-state index contributed by atoms with van der Waals surface area (Å²) in [6, 6.07) is 10.1. The summed E-state index contributed by atoms with van der Waals surface area (Å²) in [6.45, 7) is 2.61. The molecule has 2 heterocycles. The van der Waals surface area contributed by atoms with E-state index in [1.807, 2.05) is 13.0 Å². The van der Waals surface area contributed by atoms with Crippen molar-refractivity contribution in [2.45, 2.75) is 57.8 Å². The summed E-state index contributed by atoms with van der Waals surface area (Å²) in [7, 11) is 0. The van der Waals surface area contributed by atoms with E-state index in [4.69, 9.17) is 16.3 Å². The third-order valence-corrected chi connectivity index (χ3v) is 6.77. The molecule has 0 radical (unpaired) electrons. The second kappa shape index (κ2) is 12.1. The Morgan fingerprint density at radius 3 is 2.63 bits per heavy atom. The third kappa shape index (κ3) is 6.31. The van der Waals surface area contributed by atoms with E-state index < -0.39 is 30.0 Å². The number of rotatable bonds is 9. The van der Waals surface area contributed by atoms with Gasteiger partial charge in [-0.05, 0) is 47.7 Å². The van der Waals surface area contributed by atoms with Crippen LogP contribution in [0.2, 0.25) is 5.02 Å². The minimum Gasteiger partial charge on any atom is -0.450 e. The van der Waals surface area contributed by atoms with Crippen molar-refractivity contribution in [2.24, 2.45) is 0 Å². The molecule has 2 unspecified atom stereocenters. The van der Waals surface area contributed by atoms with Gasteiger partial charge in [-0.25, -0.2) is 4.79 Å². The van der Waals surface area contributed by atoms with E-state index in [1.165, 1.54) is 4.90 Å². The maximum absolute atomic E-state index is 13.1. The fourth-order valence-corrected chi connectivity index (χ4v) is 4.58. The quantitative estimate of drug-likeness (QED) is 0.331. The molecule has 10 nitrogen and oxygen atoms in total. The van der Waals surface area contributed by atoms with E-state index in [2.05, 4.69) is 16.0 Å². The number of nitrogens with zero attached hydrogens (tertiary/aromatic N) is 1. The zero-order valence-corrected chi connectivity index (χ0v) is 21.7. The lowest BCUT2D eigenvalue weighted by Gasteiger charge is -2.29. The minimum absolute atomic E-state index is 0.148. The standard InChI is InChI=1S/C27H29ClN4O6/c1-2-3-12-38-27(37)31-23(17-5-7-19(28)8-6-17)25(35)29-14-16-4-9-20-18(13-16)15-32(26(20)36)21-10-11-22(33)30-24(21)34/h4-9,13,21,23H,2-3,10-12,14-15H2,1H3,(H,29,35)(H,31,37)(H,30,33,34). The largest absolute Gasteiger partial charge is 0.450 e. The number of hydrogen-bond donors (Lipinski definition) is 3. The van der Waals surface area contributed by atoms with Crippen molar-refractivity contribution in [3.8, 4) is 0 Å². The van der Waals surface area contributed by atoms with Crippen molar-refractivity contribution in [1.82, 2.24) is 20.9 Å². The van der Waals surface area contributed by atoms with Crippen molar-refractivity contribution in [3.05, 3.63) is 69.7 Å². The van der Waals surface area contributed by atoms with Gasteiger partial charge in [0.25, 0.3) is 5.91 Å². The highest BCUT2D eigenvalue weighted by molar-refractivity contribution is 6.30. The first-order chi connectivity index (χ1) is 18.3. The number of nitrogens with one attached hydrogen (secondary N) is 3. The molecule has 3 N–H and O–H groups in total. The lowest BCUT2D eigenvalue weighted by atomic mass is 10.0. The van der Waals surface area contributed by atoms with E-state index in [-0.39, 0.29) is 44.4 Å². The van der Waals surface area contributed by atoms with Crippen LogP contribution in [0.3, 0.4) is 0 Å². The molecule has 0 saturated carbocycles. The molecule has 0 spiro atoms. The summed E-state index contributed by atoms with van der Waals surface area (Å²) < 4.78 is 5.17. The monoisotopic (exact) mass is 540 g/mol. The second-order valence-electron chi connectivity index (χ2n) is 9.23. The van der Waals surface area contributed by atoms with Gasteiger partial charge in [0.15, 0.2) is 0 Å². The zero-order chi connectivity index (χ0) is 27.2. The molecule has 0 aliphatic carbocycles. The van der Waals surface area contributed by atoms with Crippen LogP contribution in [0.25, 0.3) is 0 Å². The van der Waals surface area contributed by atoms with Crippen LogP contribution in [0.1, 0.15) is 65.7 Å². The summed E-state index contributed by atoms with van der Waals surface area (Å²) in [5.74, 6) is -1.52. The highest BCUT2D eigenvalue weighted by Crippen LogP contribution is 2.28.